The van der Waals surface area contributed by atoms with Crippen molar-refractivity contribution in [1.29, 1.82) is 0 Å². The normalized spacial score (nSPS) is 10.2. The van der Waals surface area contributed by atoms with Crippen LogP contribution in [-0.4, -0.2) is 16.8 Å². The lowest BCUT2D eigenvalue weighted by Crippen LogP contribution is -2.16. The number of benzene rings is 2. The lowest BCUT2D eigenvalue weighted by atomic mass is 10.1. The van der Waals surface area contributed by atoms with E-state index >= 15 is 0 Å². The Hall–Kier alpha value is -3.22. The Labute approximate surface area is 144 Å². The number of carbonyl (C=O) groups excluding carboxylic acids is 2. The van der Waals surface area contributed by atoms with Crippen LogP contribution in [0.3, 0.4) is 0 Å². The highest BCUT2D eigenvalue weighted by atomic mass is 16.6. The number of rotatable bonds is 6. The van der Waals surface area contributed by atoms with Gasteiger partial charge in [-0.1, -0.05) is 23.8 Å². The SMILES string of the molecule is Cc1ccc(OC(=O)CCC(=O)Nc2cccc([N+](=O)[O-])c2C)cc1. The lowest BCUT2D eigenvalue weighted by molar-refractivity contribution is -0.385. The number of aryl methyl sites for hydroxylation is 1. The summed E-state index contributed by atoms with van der Waals surface area (Å²) in [5.74, 6) is -0.509. The molecule has 0 heterocycles. The molecule has 0 atom stereocenters. The van der Waals surface area contributed by atoms with E-state index in [2.05, 4.69) is 5.32 Å². The number of nitrogens with zero attached hydrogens (tertiary/aromatic N) is 1. The van der Waals surface area contributed by atoms with Crippen molar-refractivity contribution in [3.8, 4) is 5.75 Å². The van der Waals surface area contributed by atoms with Crippen LogP contribution in [0.25, 0.3) is 0 Å². The van der Waals surface area contributed by atoms with Crippen molar-refractivity contribution in [3.05, 3.63) is 63.7 Å². The van der Waals surface area contributed by atoms with Crippen molar-refractivity contribution in [3.63, 3.8) is 0 Å². The molecule has 2 rings (SSSR count). The van der Waals surface area contributed by atoms with Gasteiger partial charge in [0.05, 0.1) is 22.6 Å². The molecule has 0 saturated heterocycles. The summed E-state index contributed by atoms with van der Waals surface area (Å²) >= 11 is 0. The fraction of sp³-hybridized carbons (Fsp3) is 0.222. The summed E-state index contributed by atoms with van der Waals surface area (Å²) in [7, 11) is 0. The van der Waals surface area contributed by atoms with E-state index in [1.807, 2.05) is 19.1 Å². The zero-order chi connectivity index (χ0) is 18.4. The molecule has 1 N–H and O–H groups in total. The number of nitrogens with one attached hydrogen (secondary N) is 1. The topological polar surface area (TPSA) is 98.5 Å². The van der Waals surface area contributed by atoms with E-state index in [9.17, 15) is 19.7 Å². The first-order chi connectivity index (χ1) is 11.9. The Kier molecular flexibility index (Phi) is 5.84. The highest BCUT2D eigenvalue weighted by Crippen LogP contribution is 2.25. The van der Waals surface area contributed by atoms with Crippen molar-refractivity contribution >= 4 is 23.3 Å². The molecule has 2 aromatic rings. The third-order valence-electron chi connectivity index (χ3n) is 3.58. The zero-order valence-electron chi connectivity index (χ0n) is 13.9. The Morgan fingerprint density at radius 2 is 1.76 bits per heavy atom. The molecule has 2 aromatic carbocycles. The minimum absolute atomic E-state index is 0.0726. The van der Waals surface area contributed by atoms with Gasteiger partial charge in [-0.25, -0.2) is 0 Å². The lowest BCUT2D eigenvalue weighted by Gasteiger charge is -2.08. The molecule has 0 aliphatic carbocycles. The summed E-state index contributed by atoms with van der Waals surface area (Å²) in [5.41, 5.74) is 1.69. The molecule has 7 nitrogen and oxygen atoms in total. The minimum Gasteiger partial charge on any atom is -0.427 e. The predicted molar refractivity (Wildman–Crippen MR) is 92.5 cm³/mol. The highest BCUT2D eigenvalue weighted by Gasteiger charge is 2.15. The molecule has 7 heteroatoms. The molecule has 0 saturated carbocycles. The number of anilines is 1. The van der Waals surface area contributed by atoms with Gasteiger partial charge in [0.1, 0.15) is 5.75 Å². The minimum atomic E-state index is -0.519. The Balaban J connectivity index is 1.88. The van der Waals surface area contributed by atoms with E-state index in [1.165, 1.54) is 12.1 Å². The van der Waals surface area contributed by atoms with Gasteiger partial charge in [0.15, 0.2) is 0 Å². The van der Waals surface area contributed by atoms with Gasteiger partial charge in [-0.2, -0.15) is 0 Å². The molecule has 0 unspecified atom stereocenters. The maximum Gasteiger partial charge on any atom is 0.311 e. The number of esters is 1. The van der Waals surface area contributed by atoms with E-state index in [0.29, 0.717) is 17.0 Å². The third kappa shape index (κ3) is 5.13. The molecule has 0 spiro atoms. The van der Waals surface area contributed by atoms with E-state index in [1.54, 1.807) is 25.1 Å². The molecular weight excluding hydrogens is 324 g/mol. The van der Waals surface area contributed by atoms with Crippen LogP contribution in [0.1, 0.15) is 24.0 Å². The van der Waals surface area contributed by atoms with Gasteiger partial charge in [0.2, 0.25) is 5.91 Å². The van der Waals surface area contributed by atoms with Crippen LogP contribution in [0.4, 0.5) is 11.4 Å². The fourth-order valence-electron chi connectivity index (χ4n) is 2.17. The van der Waals surface area contributed by atoms with Gasteiger partial charge in [-0.05, 0) is 32.0 Å². The summed E-state index contributed by atoms with van der Waals surface area (Å²) in [6, 6.07) is 11.4. The van der Waals surface area contributed by atoms with Gasteiger partial charge in [-0.15, -0.1) is 0 Å². The Bertz CT molecular complexity index is 800. The van der Waals surface area contributed by atoms with Gasteiger partial charge < -0.3 is 10.1 Å². The van der Waals surface area contributed by atoms with Crippen molar-refractivity contribution in [2.45, 2.75) is 26.7 Å². The molecule has 130 valence electrons. The smallest absolute Gasteiger partial charge is 0.311 e. The molecule has 0 bridgehead atoms. The van der Waals surface area contributed by atoms with Crippen molar-refractivity contribution in [1.82, 2.24) is 0 Å². The quantitative estimate of drug-likeness (QED) is 0.375. The summed E-state index contributed by atoms with van der Waals surface area (Å²) in [6.45, 7) is 3.48. The van der Waals surface area contributed by atoms with Crippen LogP contribution in [0.2, 0.25) is 0 Å². The summed E-state index contributed by atoms with van der Waals surface area (Å²) in [5, 5.41) is 13.5. The van der Waals surface area contributed by atoms with E-state index in [4.69, 9.17) is 4.74 Å². The van der Waals surface area contributed by atoms with Crippen molar-refractivity contribution in [2.75, 3.05) is 5.32 Å². The third-order valence-corrected chi connectivity index (χ3v) is 3.58. The molecule has 0 aliphatic rings. The van der Waals surface area contributed by atoms with Crippen LogP contribution >= 0.6 is 0 Å². The van der Waals surface area contributed by atoms with Crippen molar-refractivity contribution < 1.29 is 19.2 Å². The molecular formula is C18H18N2O5. The zero-order valence-corrected chi connectivity index (χ0v) is 13.9. The van der Waals surface area contributed by atoms with Crippen molar-refractivity contribution in [2.24, 2.45) is 0 Å². The maximum absolute atomic E-state index is 12.0. The summed E-state index contributed by atoms with van der Waals surface area (Å²) in [4.78, 5) is 34.1. The average molecular weight is 342 g/mol. The second-order valence-electron chi connectivity index (χ2n) is 5.54. The van der Waals surface area contributed by atoms with Crippen LogP contribution in [0.15, 0.2) is 42.5 Å². The number of hydrogen-bond acceptors (Lipinski definition) is 5. The number of carbonyl (C=O) groups is 2. The molecule has 25 heavy (non-hydrogen) atoms. The maximum atomic E-state index is 12.0. The molecule has 0 aliphatic heterocycles. The van der Waals surface area contributed by atoms with Crippen LogP contribution in [0.5, 0.6) is 5.75 Å². The monoisotopic (exact) mass is 342 g/mol. The number of nitro groups is 1. The van der Waals surface area contributed by atoms with E-state index in [0.717, 1.165) is 5.56 Å². The number of amides is 1. The van der Waals surface area contributed by atoms with Crippen LogP contribution in [-0.2, 0) is 9.59 Å². The van der Waals surface area contributed by atoms with Gasteiger partial charge >= 0.3 is 5.97 Å². The largest absolute Gasteiger partial charge is 0.427 e. The van der Waals surface area contributed by atoms with Gasteiger partial charge in [0.25, 0.3) is 5.69 Å². The molecule has 0 radical (unpaired) electrons. The standard InChI is InChI=1S/C18H18N2O5/c1-12-6-8-14(9-7-12)25-18(22)11-10-17(21)19-15-4-3-5-16(13(15)2)20(23)24/h3-9H,10-11H2,1-2H3,(H,19,21). The first kappa shape index (κ1) is 18.1. The fourth-order valence-corrected chi connectivity index (χ4v) is 2.17. The number of ether oxygens (including phenoxy) is 1. The van der Waals surface area contributed by atoms with E-state index in [-0.39, 0.29) is 18.5 Å². The second-order valence-corrected chi connectivity index (χ2v) is 5.54. The number of nitro benzene ring substituents is 1. The van der Waals surface area contributed by atoms with Crippen LogP contribution < -0.4 is 10.1 Å². The molecule has 1 amide bonds. The first-order valence-corrected chi connectivity index (χ1v) is 7.68. The molecule has 0 aromatic heterocycles. The Morgan fingerprint density at radius 3 is 2.40 bits per heavy atom. The predicted octanol–water partition coefficient (Wildman–Crippen LogP) is 3.54. The van der Waals surface area contributed by atoms with Crippen LogP contribution in [0, 0.1) is 24.0 Å². The second kappa shape index (κ2) is 8.05. The Morgan fingerprint density at radius 1 is 1.08 bits per heavy atom. The van der Waals surface area contributed by atoms with E-state index < -0.39 is 16.8 Å². The van der Waals surface area contributed by atoms with Gasteiger partial charge in [0, 0.05) is 12.5 Å². The summed E-state index contributed by atoms with van der Waals surface area (Å²) < 4.78 is 5.14. The van der Waals surface area contributed by atoms with Gasteiger partial charge in [-0.3, -0.25) is 19.7 Å². The number of hydrogen-bond donors (Lipinski definition) is 1. The highest BCUT2D eigenvalue weighted by molar-refractivity contribution is 5.93. The average Bonchev–Trinajstić information content (AvgIpc) is 2.57. The molecule has 0 fully saturated rings. The first-order valence-electron chi connectivity index (χ1n) is 7.68. The summed E-state index contributed by atoms with van der Waals surface area (Å²) in [6.07, 6.45) is -0.166.